The van der Waals surface area contributed by atoms with Crippen LogP contribution in [-0.4, -0.2) is 24.8 Å². The van der Waals surface area contributed by atoms with Gasteiger partial charge in [-0.25, -0.2) is 0 Å². The van der Waals surface area contributed by atoms with Crippen LogP contribution in [0.2, 0.25) is 0 Å². The summed E-state index contributed by atoms with van der Waals surface area (Å²) in [5, 5.41) is 11.0. The molecule has 0 saturated carbocycles. The molecule has 92 valence electrons. The SMILES string of the molecule is CC(C)O.CCC.CCC.CCNC. The Hall–Kier alpha value is -0.0800. The minimum Gasteiger partial charge on any atom is -0.394 e. The smallest absolute Gasteiger partial charge is 0.0483 e. The van der Waals surface area contributed by atoms with Gasteiger partial charge in [0.1, 0.15) is 0 Å². The Bertz CT molecular complexity index is 40.8. The molecule has 0 unspecified atom stereocenters. The lowest BCUT2D eigenvalue weighted by Gasteiger charge is -1.80. The molecule has 0 aliphatic rings. The number of hydrogen-bond donors (Lipinski definition) is 2. The van der Waals surface area contributed by atoms with Crippen LogP contribution in [0.15, 0.2) is 0 Å². The van der Waals surface area contributed by atoms with Gasteiger partial charge in [0, 0.05) is 6.10 Å². The number of hydrogen-bond acceptors (Lipinski definition) is 2. The maximum atomic E-state index is 8.06. The Morgan fingerprint density at radius 2 is 1.00 bits per heavy atom. The van der Waals surface area contributed by atoms with E-state index in [0.29, 0.717) is 0 Å². The second-order valence-corrected chi connectivity index (χ2v) is 3.22. The van der Waals surface area contributed by atoms with Crippen molar-refractivity contribution in [3.63, 3.8) is 0 Å². The molecule has 0 amide bonds. The predicted octanol–water partition coefficient (Wildman–Crippen LogP) is 3.45. The zero-order valence-electron chi connectivity index (χ0n) is 11.6. The van der Waals surface area contributed by atoms with Crippen LogP contribution < -0.4 is 5.32 Å². The van der Waals surface area contributed by atoms with Gasteiger partial charge in [-0.15, -0.1) is 0 Å². The monoisotopic (exact) mass is 207 g/mol. The molecule has 0 heterocycles. The van der Waals surface area contributed by atoms with Crippen molar-refractivity contribution < 1.29 is 5.11 Å². The van der Waals surface area contributed by atoms with Gasteiger partial charge in [0.05, 0.1) is 0 Å². The van der Waals surface area contributed by atoms with E-state index < -0.39 is 0 Å². The summed E-state index contributed by atoms with van der Waals surface area (Å²) in [6.07, 6.45) is 2.33. The Morgan fingerprint density at radius 1 is 0.929 bits per heavy atom. The minimum atomic E-state index is -0.167. The first-order chi connectivity index (χ1) is 6.47. The summed E-state index contributed by atoms with van der Waals surface area (Å²) in [5.74, 6) is 0. The standard InChI is InChI=1S/C3H9N.C3H8O.2C3H8/c1-3-4-2;1-3(2)4;2*1-3-2/h4H,3H2,1-2H3;3-4H,1-2H3;2*3H2,1-2H3. The summed E-state index contributed by atoms with van der Waals surface area (Å²) < 4.78 is 0. The average Bonchev–Trinajstić information content (AvgIpc) is 2.06. The van der Waals surface area contributed by atoms with Gasteiger partial charge in [-0.1, -0.05) is 47.5 Å². The zero-order chi connectivity index (χ0) is 12.4. The fourth-order valence-corrected chi connectivity index (χ4v) is 0. The number of nitrogens with one attached hydrogen (secondary N) is 1. The zero-order valence-corrected chi connectivity index (χ0v) is 11.6. The van der Waals surface area contributed by atoms with Crippen LogP contribution in [0, 0.1) is 0 Å². The second-order valence-electron chi connectivity index (χ2n) is 3.22. The fraction of sp³-hybridized carbons (Fsp3) is 1.00. The van der Waals surface area contributed by atoms with Crippen LogP contribution in [0.25, 0.3) is 0 Å². The van der Waals surface area contributed by atoms with Crippen molar-refractivity contribution in [2.45, 2.75) is 67.4 Å². The molecule has 2 N–H and O–H groups in total. The van der Waals surface area contributed by atoms with Crippen molar-refractivity contribution in [2.75, 3.05) is 13.6 Å². The molecule has 0 aliphatic heterocycles. The van der Waals surface area contributed by atoms with Crippen molar-refractivity contribution in [2.24, 2.45) is 0 Å². The maximum Gasteiger partial charge on any atom is 0.0483 e. The molecule has 0 aromatic rings. The fourth-order valence-electron chi connectivity index (χ4n) is 0. The lowest BCUT2D eigenvalue weighted by atomic mass is 10.5. The molecule has 0 fully saturated rings. The highest BCUT2D eigenvalue weighted by Gasteiger charge is 1.69. The van der Waals surface area contributed by atoms with Gasteiger partial charge < -0.3 is 10.4 Å². The average molecular weight is 207 g/mol. The van der Waals surface area contributed by atoms with E-state index in [2.05, 4.69) is 39.9 Å². The van der Waals surface area contributed by atoms with E-state index >= 15 is 0 Å². The van der Waals surface area contributed by atoms with E-state index in [-0.39, 0.29) is 6.10 Å². The molecule has 0 atom stereocenters. The van der Waals surface area contributed by atoms with Crippen LogP contribution in [-0.2, 0) is 0 Å². The Kier molecular flexibility index (Phi) is 64.7. The first-order valence-electron chi connectivity index (χ1n) is 5.80. The summed E-state index contributed by atoms with van der Waals surface area (Å²) in [7, 11) is 1.93. The predicted molar refractivity (Wildman–Crippen MR) is 68.9 cm³/mol. The van der Waals surface area contributed by atoms with Crippen molar-refractivity contribution in [3.05, 3.63) is 0 Å². The molecule has 2 nitrogen and oxygen atoms in total. The quantitative estimate of drug-likeness (QED) is 0.690. The van der Waals surface area contributed by atoms with Gasteiger partial charge in [-0.3, -0.25) is 0 Å². The third-order valence-electron chi connectivity index (χ3n) is 0.354. The van der Waals surface area contributed by atoms with Crippen LogP contribution in [0.5, 0.6) is 0 Å². The van der Waals surface area contributed by atoms with E-state index in [4.69, 9.17) is 5.11 Å². The highest BCUT2D eigenvalue weighted by molar-refractivity contribution is 4.20. The van der Waals surface area contributed by atoms with E-state index in [1.165, 1.54) is 12.8 Å². The summed E-state index contributed by atoms with van der Waals surface area (Å²) >= 11 is 0. The molecule has 0 aromatic carbocycles. The van der Waals surface area contributed by atoms with Crippen molar-refractivity contribution >= 4 is 0 Å². The number of aliphatic hydroxyl groups excluding tert-OH is 1. The molecule has 0 aliphatic carbocycles. The summed E-state index contributed by atoms with van der Waals surface area (Å²) in [5.41, 5.74) is 0. The van der Waals surface area contributed by atoms with E-state index in [0.717, 1.165) is 6.54 Å². The van der Waals surface area contributed by atoms with Crippen molar-refractivity contribution in [1.82, 2.24) is 5.32 Å². The van der Waals surface area contributed by atoms with E-state index in [1.54, 1.807) is 13.8 Å². The van der Waals surface area contributed by atoms with E-state index in [1.807, 2.05) is 7.05 Å². The Balaban J connectivity index is -0.0000000482. The molecular weight excluding hydrogens is 174 g/mol. The number of rotatable bonds is 1. The second kappa shape index (κ2) is 38.3. The molecule has 0 rings (SSSR count). The van der Waals surface area contributed by atoms with Crippen LogP contribution in [0.1, 0.15) is 61.3 Å². The van der Waals surface area contributed by atoms with Gasteiger partial charge in [0.25, 0.3) is 0 Å². The summed E-state index contributed by atoms with van der Waals surface area (Å²) in [6, 6.07) is 0. The van der Waals surface area contributed by atoms with Crippen molar-refractivity contribution in [3.8, 4) is 0 Å². The van der Waals surface area contributed by atoms with Gasteiger partial charge in [-0.2, -0.15) is 0 Å². The minimum absolute atomic E-state index is 0.167. The summed E-state index contributed by atoms with van der Waals surface area (Å²) in [4.78, 5) is 0. The molecule has 0 aromatic heterocycles. The van der Waals surface area contributed by atoms with Gasteiger partial charge >= 0.3 is 0 Å². The van der Waals surface area contributed by atoms with Gasteiger partial charge in [0.15, 0.2) is 0 Å². The van der Waals surface area contributed by atoms with Crippen LogP contribution >= 0.6 is 0 Å². The van der Waals surface area contributed by atoms with Crippen LogP contribution in [0.4, 0.5) is 0 Å². The molecular formula is C12H33NO. The molecule has 0 radical (unpaired) electrons. The molecule has 14 heavy (non-hydrogen) atoms. The van der Waals surface area contributed by atoms with Crippen molar-refractivity contribution in [1.29, 1.82) is 0 Å². The van der Waals surface area contributed by atoms with E-state index in [9.17, 15) is 0 Å². The largest absolute Gasteiger partial charge is 0.394 e. The molecule has 2 heteroatoms. The Morgan fingerprint density at radius 3 is 1.00 bits per heavy atom. The number of aliphatic hydroxyl groups is 1. The first-order valence-corrected chi connectivity index (χ1v) is 5.80. The summed E-state index contributed by atoms with van der Waals surface area (Å²) in [6.45, 7) is 15.1. The normalized spacial score (nSPS) is 7.29. The lowest BCUT2D eigenvalue weighted by Crippen LogP contribution is -2.01. The molecule has 0 saturated heterocycles. The topological polar surface area (TPSA) is 32.3 Å². The van der Waals surface area contributed by atoms with Crippen LogP contribution in [0.3, 0.4) is 0 Å². The first kappa shape index (κ1) is 23.6. The van der Waals surface area contributed by atoms with Gasteiger partial charge in [-0.05, 0) is 27.4 Å². The highest BCUT2D eigenvalue weighted by Crippen LogP contribution is 1.65. The molecule has 0 bridgehead atoms. The maximum absolute atomic E-state index is 8.06. The molecule has 0 spiro atoms. The third kappa shape index (κ3) is 1680. The lowest BCUT2D eigenvalue weighted by molar-refractivity contribution is 0.216. The van der Waals surface area contributed by atoms with Gasteiger partial charge in [0.2, 0.25) is 0 Å². The highest BCUT2D eigenvalue weighted by atomic mass is 16.3. The third-order valence-corrected chi connectivity index (χ3v) is 0.354. The Labute approximate surface area is 92.1 Å².